The smallest absolute Gasteiger partial charge is 0.225 e. The van der Waals surface area contributed by atoms with E-state index in [2.05, 4.69) is 63.6 Å². The van der Waals surface area contributed by atoms with Crippen LogP contribution in [0.1, 0.15) is 12.5 Å². The molecule has 4 aromatic rings. The van der Waals surface area contributed by atoms with E-state index in [9.17, 15) is 0 Å². The molecule has 0 aliphatic carbocycles. The lowest BCUT2D eigenvalue weighted by Gasteiger charge is -2.25. The molecule has 0 saturated heterocycles. The molecule has 1 aliphatic rings. The lowest BCUT2D eigenvalue weighted by atomic mass is 10.1. The molecule has 0 spiro atoms. The van der Waals surface area contributed by atoms with Crippen LogP contribution in [0.2, 0.25) is 5.28 Å². The Morgan fingerprint density at radius 3 is 2.68 bits per heavy atom. The van der Waals surface area contributed by atoms with Crippen molar-refractivity contribution in [2.24, 2.45) is 0 Å². The molecule has 3 heterocycles. The molecule has 1 atom stereocenters. The molecule has 28 heavy (non-hydrogen) atoms. The first kappa shape index (κ1) is 17.5. The highest BCUT2D eigenvalue weighted by molar-refractivity contribution is 7.17. The van der Waals surface area contributed by atoms with Crippen LogP contribution < -0.4 is 9.64 Å². The van der Waals surface area contributed by atoms with Gasteiger partial charge in [-0.2, -0.15) is 4.98 Å². The third-order valence-corrected chi connectivity index (χ3v) is 6.26. The summed E-state index contributed by atoms with van der Waals surface area (Å²) < 4.78 is 5.30. The summed E-state index contributed by atoms with van der Waals surface area (Å²) in [5.74, 6) is 1.71. The SMILES string of the molecule is COc1ccc(-c2csc3nc(Cl)nc(N4c5ccccc5CC4C)c23)cc1. The van der Waals surface area contributed by atoms with Gasteiger partial charge in [0.15, 0.2) is 0 Å². The Bertz CT molecular complexity index is 1170. The Labute approximate surface area is 172 Å². The lowest BCUT2D eigenvalue weighted by molar-refractivity contribution is 0.415. The molecule has 0 bridgehead atoms. The van der Waals surface area contributed by atoms with Gasteiger partial charge in [0.2, 0.25) is 5.28 Å². The maximum atomic E-state index is 6.31. The number of para-hydroxylation sites is 1. The second-order valence-corrected chi connectivity index (χ2v) is 8.12. The van der Waals surface area contributed by atoms with Crippen LogP contribution in [0, 0.1) is 0 Å². The number of hydrogen-bond acceptors (Lipinski definition) is 5. The number of hydrogen-bond donors (Lipinski definition) is 0. The fraction of sp³-hybridized carbons (Fsp3) is 0.182. The highest BCUT2D eigenvalue weighted by Gasteiger charge is 2.30. The number of fused-ring (bicyclic) bond motifs is 2. The number of nitrogens with zero attached hydrogens (tertiary/aromatic N) is 3. The van der Waals surface area contributed by atoms with Crippen molar-refractivity contribution in [1.29, 1.82) is 0 Å². The van der Waals surface area contributed by atoms with Gasteiger partial charge in [0, 0.05) is 22.7 Å². The highest BCUT2D eigenvalue weighted by Crippen LogP contribution is 2.45. The number of ether oxygens (including phenoxy) is 1. The third kappa shape index (κ3) is 2.74. The third-order valence-electron chi connectivity index (χ3n) is 5.22. The maximum absolute atomic E-state index is 6.31. The topological polar surface area (TPSA) is 38.3 Å². The van der Waals surface area contributed by atoms with Crippen LogP contribution >= 0.6 is 22.9 Å². The van der Waals surface area contributed by atoms with Crippen molar-refractivity contribution in [3.8, 4) is 16.9 Å². The largest absolute Gasteiger partial charge is 0.497 e. The summed E-state index contributed by atoms with van der Waals surface area (Å²) >= 11 is 7.91. The summed E-state index contributed by atoms with van der Waals surface area (Å²) in [6, 6.07) is 16.9. The first-order valence-corrected chi connectivity index (χ1v) is 10.4. The minimum Gasteiger partial charge on any atom is -0.497 e. The summed E-state index contributed by atoms with van der Waals surface area (Å²) in [4.78, 5) is 12.4. The first-order chi connectivity index (χ1) is 13.7. The van der Waals surface area contributed by atoms with Gasteiger partial charge in [0.05, 0.1) is 12.5 Å². The zero-order chi connectivity index (χ0) is 19.3. The van der Waals surface area contributed by atoms with E-state index in [1.165, 1.54) is 11.3 Å². The highest BCUT2D eigenvalue weighted by atomic mass is 35.5. The van der Waals surface area contributed by atoms with E-state index in [-0.39, 0.29) is 5.28 Å². The quantitative estimate of drug-likeness (QED) is 0.384. The summed E-state index contributed by atoms with van der Waals surface area (Å²) in [6.07, 6.45) is 0.987. The Hall–Kier alpha value is -2.63. The van der Waals surface area contributed by atoms with Crippen LogP contribution in [0.5, 0.6) is 5.75 Å². The van der Waals surface area contributed by atoms with Gasteiger partial charge in [0.1, 0.15) is 16.4 Å². The number of anilines is 2. The molecule has 0 radical (unpaired) electrons. The molecule has 0 fully saturated rings. The number of rotatable bonds is 3. The molecule has 6 heteroatoms. The predicted molar refractivity (Wildman–Crippen MR) is 116 cm³/mol. The number of halogens is 1. The fourth-order valence-electron chi connectivity index (χ4n) is 3.94. The molecule has 1 unspecified atom stereocenters. The van der Waals surface area contributed by atoms with E-state index in [0.29, 0.717) is 6.04 Å². The van der Waals surface area contributed by atoms with Crippen molar-refractivity contribution in [3.05, 3.63) is 64.8 Å². The van der Waals surface area contributed by atoms with Gasteiger partial charge in [0.25, 0.3) is 0 Å². The normalized spacial score (nSPS) is 15.8. The van der Waals surface area contributed by atoms with Crippen LogP contribution in [0.25, 0.3) is 21.3 Å². The zero-order valence-electron chi connectivity index (χ0n) is 15.5. The van der Waals surface area contributed by atoms with Crippen LogP contribution in [0.3, 0.4) is 0 Å². The Morgan fingerprint density at radius 2 is 1.89 bits per heavy atom. The molecule has 0 N–H and O–H groups in total. The van der Waals surface area contributed by atoms with Crippen LogP contribution in [-0.4, -0.2) is 23.1 Å². The van der Waals surface area contributed by atoms with Crippen molar-refractivity contribution in [2.75, 3.05) is 12.0 Å². The predicted octanol–water partition coefficient (Wildman–Crippen LogP) is 6.10. The van der Waals surface area contributed by atoms with E-state index in [0.717, 1.165) is 39.3 Å². The minimum atomic E-state index is 0.280. The van der Waals surface area contributed by atoms with Gasteiger partial charge in [-0.3, -0.25) is 0 Å². The molecule has 2 aromatic heterocycles. The van der Waals surface area contributed by atoms with Gasteiger partial charge >= 0.3 is 0 Å². The van der Waals surface area contributed by atoms with Gasteiger partial charge < -0.3 is 9.64 Å². The number of thiophene rings is 1. The maximum Gasteiger partial charge on any atom is 0.225 e. The first-order valence-electron chi connectivity index (χ1n) is 9.12. The van der Waals surface area contributed by atoms with Crippen molar-refractivity contribution in [1.82, 2.24) is 9.97 Å². The number of methoxy groups -OCH3 is 1. The van der Waals surface area contributed by atoms with Crippen LogP contribution in [0.4, 0.5) is 11.5 Å². The average molecular weight is 408 g/mol. The van der Waals surface area contributed by atoms with Crippen molar-refractivity contribution >= 4 is 44.7 Å². The zero-order valence-corrected chi connectivity index (χ0v) is 17.1. The van der Waals surface area contributed by atoms with E-state index in [4.69, 9.17) is 16.3 Å². The van der Waals surface area contributed by atoms with E-state index in [1.54, 1.807) is 18.4 Å². The molecule has 140 valence electrons. The Balaban J connectivity index is 1.74. The average Bonchev–Trinajstić information content (AvgIpc) is 3.27. The van der Waals surface area contributed by atoms with E-state index >= 15 is 0 Å². The molecular formula is C22H18ClN3OS. The number of aromatic nitrogens is 2. The second kappa shape index (κ2) is 6.76. The number of benzene rings is 2. The van der Waals surface area contributed by atoms with Crippen LogP contribution in [0.15, 0.2) is 53.9 Å². The van der Waals surface area contributed by atoms with Crippen molar-refractivity contribution in [3.63, 3.8) is 0 Å². The summed E-state index contributed by atoms with van der Waals surface area (Å²) in [7, 11) is 1.68. The van der Waals surface area contributed by atoms with Gasteiger partial charge in [-0.25, -0.2) is 4.98 Å². The summed E-state index contributed by atoms with van der Waals surface area (Å²) in [5.41, 5.74) is 4.75. The monoisotopic (exact) mass is 407 g/mol. The molecule has 4 nitrogen and oxygen atoms in total. The fourth-order valence-corrected chi connectivity index (χ4v) is 5.10. The Kier molecular flexibility index (Phi) is 4.22. The summed E-state index contributed by atoms with van der Waals surface area (Å²) in [5, 5.41) is 3.46. The van der Waals surface area contributed by atoms with Crippen molar-refractivity contribution in [2.45, 2.75) is 19.4 Å². The Morgan fingerprint density at radius 1 is 1.11 bits per heavy atom. The van der Waals surface area contributed by atoms with E-state index < -0.39 is 0 Å². The summed E-state index contributed by atoms with van der Waals surface area (Å²) in [6.45, 7) is 2.22. The van der Waals surface area contributed by atoms with Crippen molar-refractivity contribution < 1.29 is 4.74 Å². The minimum absolute atomic E-state index is 0.280. The standard InChI is InChI=1S/C22H18ClN3OS/c1-13-11-15-5-3-4-6-18(15)26(13)20-19-17(12-28-21(19)25-22(23)24-20)14-7-9-16(27-2)10-8-14/h3-10,12-13H,11H2,1-2H3. The molecule has 5 rings (SSSR count). The molecule has 2 aromatic carbocycles. The second-order valence-electron chi connectivity index (χ2n) is 6.93. The molecule has 0 amide bonds. The molecular weight excluding hydrogens is 390 g/mol. The molecule has 0 saturated carbocycles. The van der Waals surface area contributed by atoms with Crippen LogP contribution in [-0.2, 0) is 6.42 Å². The van der Waals surface area contributed by atoms with Gasteiger partial charge in [-0.1, -0.05) is 30.3 Å². The van der Waals surface area contributed by atoms with E-state index in [1.807, 2.05) is 12.1 Å². The van der Waals surface area contributed by atoms with Gasteiger partial charge in [-0.15, -0.1) is 11.3 Å². The molecule has 1 aliphatic heterocycles. The van der Waals surface area contributed by atoms with Gasteiger partial charge in [-0.05, 0) is 54.3 Å². The lowest BCUT2D eigenvalue weighted by Crippen LogP contribution is -2.25.